The van der Waals surface area contributed by atoms with Gasteiger partial charge in [-0.1, -0.05) is 40.7 Å². The lowest BCUT2D eigenvalue weighted by molar-refractivity contribution is 0.685. The number of fused-ring (bicyclic) bond motifs is 1. The van der Waals surface area contributed by atoms with Gasteiger partial charge >= 0.3 is 0 Å². The highest BCUT2D eigenvalue weighted by Crippen LogP contribution is 2.25. The standard InChI is InChI=1S/C14H17Br/c1-11(8-9-15)13-7-6-12-4-2-3-5-14(12)10-13/h6-7,10H,1-5,8-9H2. The van der Waals surface area contributed by atoms with Gasteiger partial charge in [-0.25, -0.2) is 0 Å². The first kappa shape index (κ1) is 10.9. The zero-order valence-electron chi connectivity index (χ0n) is 9.06. The molecule has 0 aliphatic heterocycles. The fraction of sp³-hybridized carbons (Fsp3) is 0.429. The van der Waals surface area contributed by atoms with Crippen molar-refractivity contribution in [2.24, 2.45) is 0 Å². The molecule has 0 nitrogen and oxygen atoms in total. The average Bonchev–Trinajstić information content (AvgIpc) is 2.29. The van der Waals surface area contributed by atoms with Crippen LogP contribution in [-0.4, -0.2) is 5.33 Å². The SMILES string of the molecule is C=C(CCBr)c1ccc2c(c1)CCCC2. The molecule has 0 radical (unpaired) electrons. The van der Waals surface area contributed by atoms with E-state index in [2.05, 4.69) is 40.7 Å². The summed E-state index contributed by atoms with van der Waals surface area (Å²) in [4.78, 5) is 0. The van der Waals surface area contributed by atoms with E-state index in [4.69, 9.17) is 0 Å². The van der Waals surface area contributed by atoms with Crippen LogP contribution in [0.25, 0.3) is 5.57 Å². The topological polar surface area (TPSA) is 0 Å². The molecule has 1 aliphatic carbocycles. The fourth-order valence-electron chi connectivity index (χ4n) is 2.21. The first-order valence-electron chi connectivity index (χ1n) is 5.67. The van der Waals surface area contributed by atoms with Gasteiger partial charge in [0.2, 0.25) is 0 Å². The number of aryl methyl sites for hydroxylation is 2. The molecule has 1 aliphatic rings. The van der Waals surface area contributed by atoms with Gasteiger partial charge in [0, 0.05) is 5.33 Å². The summed E-state index contributed by atoms with van der Waals surface area (Å²) < 4.78 is 0. The average molecular weight is 265 g/mol. The summed E-state index contributed by atoms with van der Waals surface area (Å²) in [5.74, 6) is 0. The van der Waals surface area contributed by atoms with Crippen molar-refractivity contribution in [3.8, 4) is 0 Å². The normalized spacial score (nSPS) is 14.7. The Morgan fingerprint density at radius 1 is 1.20 bits per heavy atom. The van der Waals surface area contributed by atoms with Gasteiger partial charge in [0.05, 0.1) is 0 Å². The molecule has 0 fully saturated rings. The van der Waals surface area contributed by atoms with Crippen LogP contribution in [0.1, 0.15) is 36.0 Å². The minimum Gasteiger partial charge on any atom is -0.0952 e. The van der Waals surface area contributed by atoms with Crippen molar-refractivity contribution in [1.29, 1.82) is 0 Å². The van der Waals surface area contributed by atoms with Crippen molar-refractivity contribution in [3.05, 3.63) is 41.5 Å². The number of halogens is 1. The van der Waals surface area contributed by atoms with Crippen molar-refractivity contribution >= 4 is 21.5 Å². The summed E-state index contributed by atoms with van der Waals surface area (Å²) in [6, 6.07) is 6.87. The number of rotatable bonds is 3. The van der Waals surface area contributed by atoms with E-state index in [0.717, 1.165) is 11.8 Å². The van der Waals surface area contributed by atoms with Crippen LogP contribution in [0.5, 0.6) is 0 Å². The third kappa shape index (κ3) is 2.52. The molecule has 1 aromatic carbocycles. The highest BCUT2D eigenvalue weighted by molar-refractivity contribution is 9.09. The van der Waals surface area contributed by atoms with Crippen molar-refractivity contribution in [1.82, 2.24) is 0 Å². The van der Waals surface area contributed by atoms with E-state index in [1.807, 2.05) is 0 Å². The Kier molecular flexibility index (Phi) is 3.63. The Labute approximate surface area is 101 Å². The van der Waals surface area contributed by atoms with Gasteiger partial charge in [-0.3, -0.25) is 0 Å². The zero-order valence-corrected chi connectivity index (χ0v) is 10.6. The summed E-state index contributed by atoms with van der Waals surface area (Å²) in [5, 5.41) is 1.00. The first-order valence-corrected chi connectivity index (χ1v) is 6.79. The van der Waals surface area contributed by atoms with Gasteiger partial charge in [-0.2, -0.15) is 0 Å². The summed E-state index contributed by atoms with van der Waals surface area (Å²) in [7, 11) is 0. The number of hydrogen-bond acceptors (Lipinski definition) is 0. The van der Waals surface area contributed by atoms with E-state index in [0.29, 0.717) is 0 Å². The third-order valence-electron chi connectivity index (χ3n) is 3.15. The van der Waals surface area contributed by atoms with Crippen molar-refractivity contribution in [2.45, 2.75) is 32.1 Å². The van der Waals surface area contributed by atoms with Crippen LogP contribution >= 0.6 is 15.9 Å². The summed E-state index contributed by atoms with van der Waals surface area (Å²) in [6.07, 6.45) is 6.26. The number of benzene rings is 1. The number of allylic oxidation sites excluding steroid dienone is 1. The largest absolute Gasteiger partial charge is 0.0952 e. The molecule has 0 heterocycles. The molecule has 0 saturated heterocycles. The molecular formula is C14H17Br. The van der Waals surface area contributed by atoms with Crippen molar-refractivity contribution < 1.29 is 0 Å². The maximum absolute atomic E-state index is 4.13. The molecule has 0 atom stereocenters. The highest BCUT2D eigenvalue weighted by Gasteiger charge is 2.10. The van der Waals surface area contributed by atoms with Crippen LogP contribution < -0.4 is 0 Å². The Hall–Kier alpha value is -0.560. The van der Waals surface area contributed by atoms with Gasteiger partial charge in [-0.05, 0) is 54.4 Å². The first-order chi connectivity index (χ1) is 7.31. The van der Waals surface area contributed by atoms with Gasteiger partial charge < -0.3 is 0 Å². The maximum Gasteiger partial charge on any atom is 0.00718 e. The molecule has 0 saturated carbocycles. The van der Waals surface area contributed by atoms with E-state index in [1.165, 1.54) is 36.8 Å². The quantitative estimate of drug-likeness (QED) is 0.712. The van der Waals surface area contributed by atoms with Gasteiger partial charge in [0.1, 0.15) is 0 Å². The lowest BCUT2D eigenvalue weighted by atomic mass is 9.89. The molecule has 80 valence electrons. The summed E-state index contributed by atoms with van der Waals surface area (Å²) >= 11 is 3.46. The molecule has 0 aromatic heterocycles. The molecule has 1 aromatic rings. The van der Waals surface area contributed by atoms with Crippen LogP contribution in [0.2, 0.25) is 0 Å². The second-order valence-electron chi connectivity index (χ2n) is 4.23. The van der Waals surface area contributed by atoms with Crippen molar-refractivity contribution in [3.63, 3.8) is 0 Å². The van der Waals surface area contributed by atoms with Crippen LogP contribution in [-0.2, 0) is 12.8 Å². The van der Waals surface area contributed by atoms with E-state index in [1.54, 1.807) is 11.1 Å². The molecule has 1 heteroatoms. The minimum atomic E-state index is 1.00. The maximum atomic E-state index is 4.13. The van der Waals surface area contributed by atoms with Crippen LogP contribution in [0, 0.1) is 0 Å². The lowest BCUT2D eigenvalue weighted by Crippen LogP contribution is -2.02. The molecule has 0 spiro atoms. The Morgan fingerprint density at radius 3 is 2.67 bits per heavy atom. The third-order valence-corrected chi connectivity index (χ3v) is 3.55. The minimum absolute atomic E-state index is 1.00. The van der Waals surface area contributed by atoms with Crippen LogP contribution in [0.3, 0.4) is 0 Å². The number of hydrogen-bond donors (Lipinski definition) is 0. The molecule has 0 bridgehead atoms. The Balaban J connectivity index is 2.24. The van der Waals surface area contributed by atoms with E-state index >= 15 is 0 Å². The summed E-state index contributed by atoms with van der Waals surface area (Å²) in [5.41, 5.74) is 5.68. The highest BCUT2D eigenvalue weighted by atomic mass is 79.9. The number of alkyl halides is 1. The van der Waals surface area contributed by atoms with Gasteiger partial charge in [-0.15, -0.1) is 0 Å². The Bertz CT molecular complexity index is 366. The predicted octanol–water partition coefficient (Wildman–Crippen LogP) is 4.36. The lowest BCUT2D eigenvalue weighted by Gasteiger charge is -2.17. The second-order valence-corrected chi connectivity index (χ2v) is 5.03. The van der Waals surface area contributed by atoms with Gasteiger partial charge in [0.15, 0.2) is 0 Å². The molecule has 0 unspecified atom stereocenters. The van der Waals surface area contributed by atoms with E-state index in [9.17, 15) is 0 Å². The molecule has 15 heavy (non-hydrogen) atoms. The smallest absolute Gasteiger partial charge is 0.00718 e. The molecule has 0 amide bonds. The molecular weight excluding hydrogens is 248 g/mol. The zero-order chi connectivity index (χ0) is 10.7. The van der Waals surface area contributed by atoms with Crippen molar-refractivity contribution in [2.75, 3.05) is 5.33 Å². The summed E-state index contributed by atoms with van der Waals surface area (Å²) in [6.45, 7) is 4.13. The Morgan fingerprint density at radius 2 is 1.93 bits per heavy atom. The fourth-order valence-corrected chi connectivity index (χ4v) is 2.69. The monoisotopic (exact) mass is 264 g/mol. The predicted molar refractivity (Wildman–Crippen MR) is 70.5 cm³/mol. The van der Waals surface area contributed by atoms with E-state index < -0.39 is 0 Å². The molecule has 2 rings (SSSR count). The van der Waals surface area contributed by atoms with Crippen LogP contribution in [0.15, 0.2) is 24.8 Å². The van der Waals surface area contributed by atoms with Gasteiger partial charge in [0.25, 0.3) is 0 Å². The second kappa shape index (κ2) is 4.98. The van der Waals surface area contributed by atoms with Crippen LogP contribution in [0.4, 0.5) is 0 Å². The molecule has 0 N–H and O–H groups in total. The van der Waals surface area contributed by atoms with E-state index in [-0.39, 0.29) is 0 Å².